The van der Waals surface area contributed by atoms with Gasteiger partial charge in [0.05, 0.1) is 0 Å². The van der Waals surface area contributed by atoms with Gasteiger partial charge in [-0.2, -0.15) is 0 Å². The van der Waals surface area contributed by atoms with Crippen LogP contribution in [0.4, 0.5) is 4.79 Å². The molecular weight excluding hydrogens is 246 g/mol. The van der Waals surface area contributed by atoms with Crippen LogP contribution in [0.5, 0.6) is 0 Å². The molecule has 2 heterocycles. The SMILES string of the molecule is NC(=O)C1CCN(C(=O)NCC2CCOCC2)CC1. The normalized spacial score (nSPS) is 22.2. The van der Waals surface area contributed by atoms with Crippen LogP contribution in [0, 0.1) is 11.8 Å². The van der Waals surface area contributed by atoms with Crippen molar-refractivity contribution in [2.45, 2.75) is 25.7 Å². The molecule has 19 heavy (non-hydrogen) atoms. The van der Waals surface area contributed by atoms with Gasteiger partial charge in [0.2, 0.25) is 5.91 Å². The van der Waals surface area contributed by atoms with E-state index in [2.05, 4.69) is 5.32 Å². The van der Waals surface area contributed by atoms with Crippen molar-refractivity contribution in [1.29, 1.82) is 0 Å². The highest BCUT2D eigenvalue weighted by Gasteiger charge is 2.26. The monoisotopic (exact) mass is 269 g/mol. The number of carbonyl (C=O) groups is 2. The van der Waals surface area contributed by atoms with Crippen molar-refractivity contribution < 1.29 is 14.3 Å². The molecule has 2 aliphatic rings. The van der Waals surface area contributed by atoms with E-state index in [0.717, 1.165) is 32.6 Å². The first-order valence-electron chi connectivity index (χ1n) is 7.06. The van der Waals surface area contributed by atoms with Crippen LogP contribution >= 0.6 is 0 Å². The molecule has 2 fully saturated rings. The van der Waals surface area contributed by atoms with Gasteiger partial charge in [-0.15, -0.1) is 0 Å². The van der Waals surface area contributed by atoms with Crippen molar-refractivity contribution in [3.63, 3.8) is 0 Å². The Kier molecular flexibility index (Phi) is 5.01. The Morgan fingerprint density at radius 2 is 1.79 bits per heavy atom. The summed E-state index contributed by atoms with van der Waals surface area (Å²) < 4.78 is 5.29. The molecule has 2 aliphatic heterocycles. The molecule has 0 saturated carbocycles. The van der Waals surface area contributed by atoms with E-state index in [0.29, 0.717) is 31.8 Å². The predicted octanol–water partition coefficient (Wildman–Crippen LogP) is 0.320. The first-order chi connectivity index (χ1) is 9.16. The van der Waals surface area contributed by atoms with Gasteiger partial charge in [-0.3, -0.25) is 4.79 Å². The summed E-state index contributed by atoms with van der Waals surface area (Å²) in [5.41, 5.74) is 5.28. The molecule has 108 valence electrons. The van der Waals surface area contributed by atoms with Gasteiger partial charge in [0, 0.05) is 38.8 Å². The van der Waals surface area contributed by atoms with Crippen molar-refractivity contribution in [2.24, 2.45) is 17.6 Å². The van der Waals surface area contributed by atoms with E-state index in [1.165, 1.54) is 0 Å². The molecule has 0 unspecified atom stereocenters. The highest BCUT2D eigenvalue weighted by molar-refractivity contribution is 5.78. The van der Waals surface area contributed by atoms with Gasteiger partial charge in [0.15, 0.2) is 0 Å². The third-order valence-corrected chi connectivity index (χ3v) is 4.07. The first kappa shape index (κ1) is 14.1. The van der Waals surface area contributed by atoms with E-state index in [-0.39, 0.29) is 17.9 Å². The minimum absolute atomic E-state index is 0.0191. The zero-order valence-corrected chi connectivity index (χ0v) is 11.3. The molecule has 0 atom stereocenters. The fourth-order valence-corrected chi connectivity index (χ4v) is 2.66. The summed E-state index contributed by atoms with van der Waals surface area (Å²) in [6.45, 7) is 3.55. The molecule has 3 N–H and O–H groups in total. The van der Waals surface area contributed by atoms with Crippen LogP contribution in [0.2, 0.25) is 0 Å². The minimum atomic E-state index is -0.248. The second-order valence-corrected chi connectivity index (χ2v) is 5.41. The number of hydrogen-bond acceptors (Lipinski definition) is 3. The lowest BCUT2D eigenvalue weighted by Gasteiger charge is -2.31. The lowest BCUT2D eigenvalue weighted by atomic mass is 9.96. The number of nitrogens with one attached hydrogen (secondary N) is 1. The van der Waals surface area contributed by atoms with Crippen molar-refractivity contribution in [2.75, 3.05) is 32.8 Å². The van der Waals surface area contributed by atoms with Crippen LogP contribution in [-0.4, -0.2) is 49.7 Å². The lowest BCUT2D eigenvalue weighted by molar-refractivity contribution is -0.123. The average molecular weight is 269 g/mol. The predicted molar refractivity (Wildman–Crippen MR) is 70.4 cm³/mol. The van der Waals surface area contributed by atoms with Gasteiger partial charge in [0.25, 0.3) is 0 Å². The maximum Gasteiger partial charge on any atom is 0.317 e. The zero-order chi connectivity index (χ0) is 13.7. The Morgan fingerprint density at radius 3 is 2.37 bits per heavy atom. The second-order valence-electron chi connectivity index (χ2n) is 5.41. The van der Waals surface area contributed by atoms with Gasteiger partial charge in [-0.05, 0) is 31.6 Å². The number of ether oxygens (including phenoxy) is 1. The molecule has 6 heteroatoms. The van der Waals surface area contributed by atoms with E-state index in [4.69, 9.17) is 10.5 Å². The van der Waals surface area contributed by atoms with Crippen LogP contribution in [-0.2, 0) is 9.53 Å². The quantitative estimate of drug-likeness (QED) is 0.774. The Bertz CT molecular complexity index is 321. The van der Waals surface area contributed by atoms with Crippen LogP contribution in [0.25, 0.3) is 0 Å². The summed E-state index contributed by atoms with van der Waals surface area (Å²) in [4.78, 5) is 24.8. The summed E-state index contributed by atoms with van der Waals surface area (Å²) in [7, 11) is 0. The fourth-order valence-electron chi connectivity index (χ4n) is 2.66. The highest BCUT2D eigenvalue weighted by Crippen LogP contribution is 2.17. The fraction of sp³-hybridized carbons (Fsp3) is 0.846. The van der Waals surface area contributed by atoms with Gasteiger partial charge in [0.1, 0.15) is 0 Å². The van der Waals surface area contributed by atoms with Crippen LogP contribution in [0.3, 0.4) is 0 Å². The van der Waals surface area contributed by atoms with Crippen molar-refractivity contribution in [1.82, 2.24) is 10.2 Å². The Hall–Kier alpha value is -1.30. The lowest BCUT2D eigenvalue weighted by Crippen LogP contribution is -2.47. The van der Waals surface area contributed by atoms with Gasteiger partial charge >= 0.3 is 6.03 Å². The van der Waals surface area contributed by atoms with Gasteiger partial charge in [-0.25, -0.2) is 4.79 Å². The molecule has 2 saturated heterocycles. The molecule has 6 nitrogen and oxygen atoms in total. The standard InChI is InChI=1S/C13H23N3O3/c14-12(17)11-1-5-16(6-2-11)13(18)15-9-10-3-7-19-8-4-10/h10-11H,1-9H2,(H2,14,17)(H,15,18). The van der Waals surface area contributed by atoms with E-state index in [9.17, 15) is 9.59 Å². The number of nitrogens with two attached hydrogens (primary N) is 1. The summed E-state index contributed by atoms with van der Waals surface area (Å²) in [6, 6.07) is -0.0191. The molecule has 0 spiro atoms. The molecule has 0 aromatic heterocycles. The highest BCUT2D eigenvalue weighted by atomic mass is 16.5. The maximum atomic E-state index is 12.0. The van der Waals surface area contributed by atoms with Crippen LogP contribution in [0.15, 0.2) is 0 Å². The number of likely N-dealkylation sites (tertiary alicyclic amines) is 1. The molecule has 3 amide bonds. The Labute approximate surface area is 113 Å². The van der Waals surface area contributed by atoms with Crippen LogP contribution < -0.4 is 11.1 Å². The van der Waals surface area contributed by atoms with E-state index >= 15 is 0 Å². The summed E-state index contributed by atoms with van der Waals surface area (Å²) in [6.07, 6.45) is 3.40. The second kappa shape index (κ2) is 6.75. The minimum Gasteiger partial charge on any atom is -0.381 e. The van der Waals surface area contributed by atoms with Crippen molar-refractivity contribution >= 4 is 11.9 Å². The third kappa shape index (κ3) is 4.09. The molecular formula is C13H23N3O3. The number of amides is 3. The zero-order valence-electron chi connectivity index (χ0n) is 11.3. The number of rotatable bonds is 3. The number of hydrogen-bond donors (Lipinski definition) is 2. The number of primary amides is 1. The number of carbonyl (C=O) groups excluding carboxylic acids is 2. The average Bonchev–Trinajstić information content (AvgIpc) is 2.46. The molecule has 0 aromatic rings. The van der Waals surface area contributed by atoms with Gasteiger partial charge in [-0.1, -0.05) is 0 Å². The summed E-state index contributed by atoms with van der Waals surface area (Å²) in [5.74, 6) is 0.211. The first-order valence-corrected chi connectivity index (χ1v) is 7.06. The van der Waals surface area contributed by atoms with E-state index in [1.807, 2.05) is 0 Å². The maximum absolute atomic E-state index is 12.0. The number of nitrogens with zero attached hydrogens (tertiary/aromatic N) is 1. The molecule has 0 aromatic carbocycles. The molecule has 0 radical (unpaired) electrons. The largest absolute Gasteiger partial charge is 0.381 e. The Morgan fingerprint density at radius 1 is 1.16 bits per heavy atom. The molecule has 0 bridgehead atoms. The third-order valence-electron chi connectivity index (χ3n) is 4.07. The Balaban J connectivity index is 1.67. The summed E-state index contributed by atoms with van der Waals surface area (Å²) >= 11 is 0. The van der Waals surface area contributed by atoms with E-state index < -0.39 is 0 Å². The van der Waals surface area contributed by atoms with Crippen molar-refractivity contribution in [3.8, 4) is 0 Å². The van der Waals surface area contributed by atoms with Gasteiger partial charge < -0.3 is 20.7 Å². The summed E-state index contributed by atoms with van der Waals surface area (Å²) in [5, 5.41) is 2.98. The van der Waals surface area contributed by atoms with Crippen molar-refractivity contribution in [3.05, 3.63) is 0 Å². The van der Waals surface area contributed by atoms with Crippen LogP contribution in [0.1, 0.15) is 25.7 Å². The number of urea groups is 1. The molecule has 0 aliphatic carbocycles. The smallest absolute Gasteiger partial charge is 0.317 e. The number of piperidine rings is 1. The topological polar surface area (TPSA) is 84.7 Å². The van der Waals surface area contributed by atoms with E-state index in [1.54, 1.807) is 4.90 Å². The molecule has 2 rings (SSSR count).